The number of methoxy groups -OCH3 is 1. The number of ether oxygens (including phenoxy) is 1. The smallest absolute Gasteiger partial charge is 0.328 e. The molecule has 0 saturated heterocycles. The number of hydrogen-bond acceptors (Lipinski definition) is 4. The number of imidazole rings is 1. The molecule has 2 N–H and O–H groups in total. The lowest BCUT2D eigenvalue weighted by Crippen LogP contribution is -2.49. The Hall–Kier alpha value is -2.05. The number of urea groups is 1. The summed E-state index contributed by atoms with van der Waals surface area (Å²) in [4.78, 5) is 32.0. The van der Waals surface area contributed by atoms with Crippen LogP contribution in [0.3, 0.4) is 0 Å². The summed E-state index contributed by atoms with van der Waals surface area (Å²) in [6, 6.07) is -1.00. The highest BCUT2D eigenvalue weighted by atomic mass is 16.5. The van der Waals surface area contributed by atoms with E-state index in [0.717, 1.165) is 5.69 Å². The third kappa shape index (κ3) is 4.27. The second-order valence-corrected chi connectivity index (χ2v) is 3.98. The van der Waals surface area contributed by atoms with Gasteiger partial charge in [-0.05, 0) is 13.8 Å². The summed E-state index contributed by atoms with van der Waals surface area (Å²) in [7, 11) is 1.30. The number of hydrogen-bond donors (Lipinski definition) is 2. The van der Waals surface area contributed by atoms with Crippen LogP contribution in [0.4, 0.5) is 4.79 Å². The zero-order chi connectivity index (χ0) is 14.3. The Balaban J connectivity index is 2.69. The number of nitrogens with one attached hydrogen (secondary N) is 2. The third-order valence-corrected chi connectivity index (χ3v) is 2.81. The van der Waals surface area contributed by atoms with Crippen LogP contribution in [0.25, 0.3) is 0 Å². The second-order valence-electron chi connectivity index (χ2n) is 3.98. The molecule has 0 spiro atoms. The molecule has 1 rings (SSSR count). The van der Waals surface area contributed by atoms with E-state index in [1.807, 2.05) is 13.8 Å². The molecule has 1 heterocycles. The molecule has 0 bridgehead atoms. The normalized spacial score (nSPS) is 11.7. The van der Waals surface area contributed by atoms with E-state index in [2.05, 4.69) is 15.3 Å². The van der Waals surface area contributed by atoms with Crippen molar-refractivity contribution in [2.75, 3.05) is 20.2 Å². The van der Waals surface area contributed by atoms with Crippen LogP contribution in [0.2, 0.25) is 0 Å². The van der Waals surface area contributed by atoms with Crippen LogP contribution in [-0.4, -0.2) is 53.1 Å². The first-order chi connectivity index (χ1) is 9.12. The van der Waals surface area contributed by atoms with E-state index in [-0.39, 0.29) is 6.03 Å². The molecule has 19 heavy (non-hydrogen) atoms. The van der Waals surface area contributed by atoms with E-state index in [9.17, 15) is 9.59 Å². The van der Waals surface area contributed by atoms with Crippen molar-refractivity contribution < 1.29 is 14.3 Å². The van der Waals surface area contributed by atoms with Crippen molar-refractivity contribution in [2.24, 2.45) is 0 Å². The number of aromatic amines is 1. The third-order valence-electron chi connectivity index (χ3n) is 2.81. The zero-order valence-electron chi connectivity index (χ0n) is 11.5. The number of amides is 2. The number of aromatic nitrogens is 2. The first-order valence-electron chi connectivity index (χ1n) is 6.22. The number of H-pyrrole nitrogens is 1. The van der Waals surface area contributed by atoms with Gasteiger partial charge in [0.15, 0.2) is 0 Å². The van der Waals surface area contributed by atoms with Crippen molar-refractivity contribution in [2.45, 2.75) is 26.3 Å². The molecular formula is C12H20N4O3. The molecule has 7 heteroatoms. The number of carbonyl (C=O) groups excluding carboxylic acids is 2. The van der Waals surface area contributed by atoms with Crippen LogP contribution in [0, 0.1) is 0 Å². The number of nitrogens with zero attached hydrogens (tertiary/aromatic N) is 2. The average molecular weight is 268 g/mol. The molecule has 0 unspecified atom stereocenters. The van der Waals surface area contributed by atoms with E-state index in [4.69, 9.17) is 4.74 Å². The fourth-order valence-corrected chi connectivity index (χ4v) is 1.70. The van der Waals surface area contributed by atoms with Crippen molar-refractivity contribution >= 4 is 12.0 Å². The number of carbonyl (C=O) groups is 2. The van der Waals surface area contributed by atoms with Crippen molar-refractivity contribution in [3.8, 4) is 0 Å². The van der Waals surface area contributed by atoms with E-state index in [1.165, 1.54) is 13.4 Å². The first-order valence-corrected chi connectivity index (χ1v) is 6.22. The Morgan fingerprint density at radius 1 is 1.47 bits per heavy atom. The summed E-state index contributed by atoms with van der Waals surface area (Å²) < 4.78 is 4.70. The molecule has 2 amide bonds. The summed E-state index contributed by atoms with van der Waals surface area (Å²) in [5.74, 6) is -0.477. The molecule has 7 nitrogen and oxygen atoms in total. The molecule has 0 aliphatic heterocycles. The molecule has 1 aromatic rings. The molecule has 0 aliphatic carbocycles. The maximum absolute atomic E-state index is 11.9. The van der Waals surface area contributed by atoms with Crippen LogP contribution in [0.15, 0.2) is 12.5 Å². The van der Waals surface area contributed by atoms with Gasteiger partial charge in [0.05, 0.1) is 13.4 Å². The average Bonchev–Trinajstić information content (AvgIpc) is 2.91. The van der Waals surface area contributed by atoms with E-state index >= 15 is 0 Å². The standard InChI is InChI=1S/C12H20N4O3/c1-4-16(5-2)12(18)15-10(11(17)19-3)6-9-7-13-8-14-9/h7-8,10H,4-6H2,1-3H3,(H,13,14)(H,15,18)/t10-/m0/s1. The highest BCUT2D eigenvalue weighted by Crippen LogP contribution is 2.02. The SMILES string of the molecule is CCN(CC)C(=O)N[C@@H](Cc1cnc[nH]1)C(=O)OC. The molecule has 0 radical (unpaired) electrons. The van der Waals surface area contributed by atoms with E-state index in [1.54, 1.807) is 11.1 Å². The summed E-state index contributed by atoms with van der Waals surface area (Å²) >= 11 is 0. The van der Waals surface area contributed by atoms with Crippen LogP contribution in [-0.2, 0) is 16.0 Å². The highest BCUT2D eigenvalue weighted by Gasteiger charge is 2.24. The van der Waals surface area contributed by atoms with E-state index in [0.29, 0.717) is 19.5 Å². The van der Waals surface area contributed by atoms with Crippen molar-refractivity contribution in [3.63, 3.8) is 0 Å². The Labute approximate surface area is 112 Å². The number of esters is 1. The molecule has 1 aromatic heterocycles. The molecular weight excluding hydrogens is 248 g/mol. The number of rotatable bonds is 6. The molecule has 0 aromatic carbocycles. The van der Waals surface area contributed by atoms with Gasteiger partial charge in [-0.25, -0.2) is 14.6 Å². The van der Waals surface area contributed by atoms with Crippen molar-refractivity contribution in [1.29, 1.82) is 0 Å². The fourth-order valence-electron chi connectivity index (χ4n) is 1.70. The van der Waals surface area contributed by atoms with Gasteiger partial charge in [0.25, 0.3) is 0 Å². The zero-order valence-corrected chi connectivity index (χ0v) is 11.5. The van der Waals surface area contributed by atoms with Crippen molar-refractivity contribution in [1.82, 2.24) is 20.2 Å². The van der Waals surface area contributed by atoms with Gasteiger partial charge >= 0.3 is 12.0 Å². The Bertz CT molecular complexity index is 401. The topological polar surface area (TPSA) is 87.3 Å². The molecule has 106 valence electrons. The minimum absolute atomic E-state index is 0.278. The van der Waals surface area contributed by atoms with Crippen LogP contribution in [0.5, 0.6) is 0 Å². The van der Waals surface area contributed by atoms with Crippen molar-refractivity contribution in [3.05, 3.63) is 18.2 Å². The Kier molecular flexibility index (Phi) is 5.84. The summed E-state index contributed by atoms with van der Waals surface area (Å²) in [6.07, 6.45) is 3.45. The van der Waals surface area contributed by atoms with Gasteiger partial charge in [-0.15, -0.1) is 0 Å². The quantitative estimate of drug-likeness (QED) is 0.737. The predicted molar refractivity (Wildman–Crippen MR) is 69.5 cm³/mol. The summed E-state index contributed by atoms with van der Waals surface area (Å²) in [5.41, 5.74) is 0.759. The van der Waals surface area contributed by atoms with Gasteiger partial charge in [-0.1, -0.05) is 0 Å². The fraction of sp³-hybridized carbons (Fsp3) is 0.583. The second kappa shape index (κ2) is 7.40. The molecule has 0 aliphatic rings. The van der Waals surface area contributed by atoms with Gasteiger partial charge in [-0.3, -0.25) is 0 Å². The summed E-state index contributed by atoms with van der Waals surface area (Å²) in [6.45, 7) is 4.93. The molecule has 0 saturated carbocycles. The lowest BCUT2D eigenvalue weighted by Gasteiger charge is -2.23. The lowest BCUT2D eigenvalue weighted by atomic mass is 10.1. The van der Waals surface area contributed by atoms with Gasteiger partial charge < -0.3 is 19.9 Å². The summed E-state index contributed by atoms with van der Waals surface area (Å²) in [5, 5.41) is 2.67. The maximum Gasteiger partial charge on any atom is 0.328 e. The molecule has 0 fully saturated rings. The van der Waals surface area contributed by atoms with Crippen LogP contribution in [0.1, 0.15) is 19.5 Å². The lowest BCUT2D eigenvalue weighted by molar-refractivity contribution is -0.142. The van der Waals surface area contributed by atoms with Gasteiger partial charge in [-0.2, -0.15) is 0 Å². The van der Waals surface area contributed by atoms with Crippen LogP contribution < -0.4 is 5.32 Å². The molecule has 1 atom stereocenters. The van der Waals surface area contributed by atoms with Gasteiger partial charge in [0, 0.05) is 31.4 Å². The maximum atomic E-state index is 11.9. The highest BCUT2D eigenvalue weighted by molar-refractivity contribution is 5.83. The monoisotopic (exact) mass is 268 g/mol. The Morgan fingerprint density at radius 3 is 2.63 bits per heavy atom. The first kappa shape index (κ1) is 15.0. The predicted octanol–water partition coefficient (Wildman–Crippen LogP) is 0.545. The van der Waals surface area contributed by atoms with Gasteiger partial charge in [0.2, 0.25) is 0 Å². The minimum Gasteiger partial charge on any atom is -0.467 e. The Morgan fingerprint density at radius 2 is 2.16 bits per heavy atom. The minimum atomic E-state index is -0.724. The van der Waals surface area contributed by atoms with E-state index < -0.39 is 12.0 Å². The van der Waals surface area contributed by atoms with Gasteiger partial charge in [0.1, 0.15) is 6.04 Å². The van der Waals surface area contributed by atoms with Crippen LogP contribution >= 0.6 is 0 Å². The largest absolute Gasteiger partial charge is 0.467 e.